The molecule has 0 bridgehead atoms. The van der Waals surface area contributed by atoms with Gasteiger partial charge in [0, 0.05) is 18.0 Å². The first-order valence-electron chi connectivity index (χ1n) is 6.42. The average molecular weight is 241 g/mol. The van der Waals surface area contributed by atoms with Crippen LogP contribution in [0.15, 0.2) is 43.0 Å². The van der Waals surface area contributed by atoms with E-state index in [2.05, 4.69) is 53.4 Å². The van der Waals surface area contributed by atoms with Gasteiger partial charge in [-0.1, -0.05) is 38.1 Å². The quantitative estimate of drug-likeness (QED) is 0.874. The summed E-state index contributed by atoms with van der Waals surface area (Å²) in [6, 6.07) is 8.90. The van der Waals surface area contributed by atoms with Crippen molar-refractivity contribution in [3.05, 3.63) is 59.7 Å². The van der Waals surface area contributed by atoms with E-state index >= 15 is 0 Å². The van der Waals surface area contributed by atoms with E-state index in [1.807, 2.05) is 12.4 Å². The number of nitrogens with one attached hydrogen (secondary N) is 1. The number of nitrogens with zero attached hydrogens (tertiary/aromatic N) is 2. The highest BCUT2D eigenvalue weighted by Gasteiger charge is 2.12. The molecule has 1 unspecified atom stereocenters. The van der Waals surface area contributed by atoms with Crippen molar-refractivity contribution in [2.45, 2.75) is 26.3 Å². The predicted molar refractivity (Wildman–Crippen MR) is 73.4 cm³/mol. The van der Waals surface area contributed by atoms with E-state index in [-0.39, 0.29) is 6.04 Å². The SMILES string of the molecule is CCNC(c1ccc(CC)cc1)c1cncnc1. The van der Waals surface area contributed by atoms with Gasteiger partial charge in [0.1, 0.15) is 6.33 Å². The Morgan fingerprint density at radius 2 is 1.67 bits per heavy atom. The Balaban J connectivity index is 2.29. The van der Waals surface area contributed by atoms with Crippen LogP contribution < -0.4 is 5.32 Å². The van der Waals surface area contributed by atoms with Gasteiger partial charge in [-0.25, -0.2) is 9.97 Å². The van der Waals surface area contributed by atoms with E-state index in [1.54, 1.807) is 6.33 Å². The second kappa shape index (κ2) is 6.26. The molecule has 1 atom stereocenters. The fraction of sp³-hybridized carbons (Fsp3) is 0.333. The predicted octanol–water partition coefficient (Wildman–Crippen LogP) is 2.74. The third kappa shape index (κ3) is 2.93. The minimum atomic E-state index is 0.169. The molecule has 1 aromatic carbocycles. The second-order valence-electron chi connectivity index (χ2n) is 4.26. The van der Waals surface area contributed by atoms with Crippen molar-refractivity contribution in [2.75, 3.05) is 6.54 Å². The first kappa shape index (κ1) is 12.7. The molecule has 0 saturated heterocycles. The molecule has 3 nitrogen and oxygen atoms in total. The van der Waals surface area contributed by atoms with Gasteiger partial charge in [-0.15, -0.1) is 0 Å². The molecule has 2 rings (SSSR count). The lowest BCUT2D eigenvalue weighted by Crippen LogP contribution is -2.22. The van der Waals surface area contributed by atoms with Gasteiger partial charge in [0.15, 0.2) is 0 Å². The van der Waals surface area contributed by atoms with Crippen LogP contribution in [-0.2, 0) is 6.42 Å². The molecule has 0 amide bonds. The summed E-state index contributed by atoms with van der Waals surface area (Å²) in [4.78, 5) is 8.19. The maximum atomic E-state index is 4.10. The first-order chi connectivity index (χ1) is 8.85. The van der Waals surface area contributed by atoms with Gasteiger partial charge in [-0.2, -0.15) is 0 Å². The fourth-order valence-corrected chi connectivity index (χ4v) is 2.04. The Morgan fingerprint density at radius 1 is 1.00 bits per heavy atom. The van der Waals surface area contributed by atoms with Crippen molar-refractivity contribution in [1.29, 1.82) is 0 Å². The van der Waals surface area contributed by atoms with Crippen LogP contribution in [0.2, 0.25) is 0 Å². The molecule has 0 aliphatic carbocycles. The smallest absolute Gasteiger partial charge is 0.115 e. The molecule has 18 heavy (non-hydrogen) atoms. The van der Waals surface area contributed by atoms with Crippen LogP contribution in [0.5, 0.6) is 0 Å². The van der Waals surface area contributed by atoms with Crippen molar-refractivity contribution >= 4 is 0 Å². The fourth-order valence-electron chi connectivity index (χ4n) is 2.04. The molecule has 3 heteroatoms. The van der Waals surface area contributed by atoms with E-state index in [0.29, 0.717) is 0 Å². The maximum absolute atomic E-state index is 4.10. The van der Waals surface area contributed by atoms with E-state index in [1.165, 1.54) is 11.1 Å². The number of benzene rings is 1. The molecule has 1 aromatic heterocycles. The lowest BCUT2D eigenvalue weighted by Gasteiger charge is -2.18. The van der Waals surface area contributed by atoms with Crippen molar-refractivity contribution in [1.82, 2.24) is 15.3 Å². The third-order valence-corrected chi connectivity index (χ3v) is 3.04. The molecule has 1 heterocycles. The highest BCUT2D eigenvalue weighted by Crippen LogP contribution is 2.21. The van der Waals surface area contributed by atoms with Crippen LogP contribution in [0, 0.1) is 0 Å². The Hall–Kier alpha value is -1.74. The highest BCUT2D eigenvalue weighted by atomic mass is 14.9. The highest BCUT2D eigenvalue weighted by molar-refractivity contribution is 5.31. The van der Waals surface area contributed by atoms with Crippen LogP contribution in [0.25, 0.3) is 0 Å². The Kier molecular flexibility index (Phi) is 4.42. The van der Waals surface area contributed by atoms with Crippen molar-refractivity contribution < 1.29 is 0 Å². The Bertz CT molecular complexity index is 465. The third-order valence-electron chi connectivity index (χ3n) is 3.04. The number of rotatable bonds is 5. The zero-order chi connectivity index (χ0) is 12.8. The zero-order valence-corrected chi connectivity index (χ0v) is 10.9. The monoisotopic (exact) mass is 241 g/mol. The Labute approximate surface area is 108 Å². The van der Waals surface area contributed by atoms with Crippen LogP contribution in [-0.4, -0.2) is 16.5 Å². The van der Waals surface area contributed by atoms with Crippen molar-refractivity contribution in [3.63, 3.8) is 0 Å². The van der Waals surface area contributed by atoms with Gasteiger partial charge in [-0.05, 0) is 24.1 Å². The molecular formula is C15H19N3. The van der Waals surface area contributed by atoms with Crippen LogP contribution in [0.4, 0.5) is 0 Å². The summed E-state index contributed by atoms with van der Waals surface area (Å²) in [5.41, 5.74) is 3.71. The minimum Gasteiger partial charge on any atom is -0.306 e. The van der Waals surface area contributed by atoms with Gasteiger partial charge in [-0.3, -0.25) is 0 Å². The second-order valence-corrected chi connectivity index (χ2v) is 4.26. The molecule has 0 saturated carbocycles. The summed E-state index contributed by atoms with van der Waals surface area (Å²) in [6.07, 6.45) is 6.37. The molecule has 2 aromatic rings. The molecule has 0 aliphatic heterocycles. The summed E-state index contributed by atoms with van der Waals surface area (Å²) in [5.74, 6) is 0. The largest absolute Gasteiger partial charge is 0.306 e. The lowest BCUT2D eigenvalue weighted by atomic mass is 9.99. The van der Waals surface area contributed by atoms with Crippen LogP contribution in [0.3, 0.4) is 0 Å². The maximum Gasteiger partial charge on any atom is 0.115 e. The zero-order valence-electron chi connectivity index (χ0n) is 10.9. The number of hydrogen-bond donors (Lipinski definition) is 1. The van der Waals surface area contributed by atoms with Crippen molar-refractivity contribution in [2.24, 2.45) is 0 Å². The lowest BCUT2D eigenvalue weighted by molar-refractivity contribution is 0.626. The number of aromatic nitrogens is 2. The van der Waals surface area contributed by atoms with Gasteiger partial charge < -0.3 is 5.32 Å². The van der Waals surface area contributed by atoms with E-state index < -0.39 is 0 Å². The van der Waals surface area contributed by atoms with E-state index in [9.17, 15) is 0 Å². The standard InChI is InChI=1S/C15H19N3/c1-3-12-5-7-13(8-6-12)15(18-4-2)14-9-16-11-17-10-14/h5-11,15,18H,3-4H2,1-2H3. The van der Waals surface area contributed by atoms with Crippen LogP contribution >= 0.6 is 0 Å². The molecule has 0 aliphatic rings. The minimum absolute atomic E-state index is 0.169. The first-order valence-corrected chi connectivity index (χ1v) is 6.42. The van der Waals surface area contributed by atoms with Gasteiger partial charge in [0.2, 0.25) is 0 Å². The number of hydrogen-bond acceptors (Lipinski definition) is 3. The molecule has 94 valence electrons. The molecule has 0 radical (unpaired) electrons. The number of aryl methyl sites for hydroxylation is 1. The normalized spacial score (nSPS) is 12.3. The topological polar surface area (TPSA) is 37.8 Å². The molecule has 1 N–H and O–H groups in total. The van der Waals surface area contributed by atoms with Gasteiger partial charge >= 0.3 is 0 Å². The van der Waals surface area contributed by atoms with E-state index in [4.69, 9.17) is 0 Å². The summed E-state index contributed by atoms with van der Waals surface area (Å²) in [7, 11) is 0. The molecular weight excluding hydrogens is 222 g/mol. The summed E-state index contributed by atoms with van der Waals surface area (Å²) in [5, 5.41) is 3.47. The van der Waals surface area contributed by atoms with E-state index in [0.717, 1.165) is 18.5 Å². The molecule has 0 spiro atoms. The molecule has 0 fully saturated rings. The van der Waals surface area contributed by atoms with Crippen LogP contribution in [0.1, 0.15) is 36.6 Å². The van der Waals surface area contributed by atoms with Gasteiger partial charge in [0.25, 0.3) is 0 Å². The summed E-state index contributed by atoms with van der Waals surface area (Å²) in [6.45, 7) is 5.19. The Morgan fingerprint density at radius 3 is 2.22 bits per heavy atom. The average Bonchev–Trinajstić information content (AvgIpc) is 2.46. The summed E-state index contributed by atoms with van der Waals surface area (Å²) < 4.78 is 0. The van der Waals surface area contributed by atoms with Gasteiger partial charge in [0.05, 0.1) is 6.04 Å². The van der Waals surface area contributed by atoms with Crippen molar-refractivity contribution in [3.8, 4) is 0 Å². The summed E-state index contributed by atoms with van der Waals surface area (Å²) >= 11 is 0.